The third-order valence-electron chi connectivity index (χ3n) is 7.11. The van der Waals surface area contributed by atoms with Gasteiger partial charge in [-0.15, -0.1) is 0 Å². The number of benzene rings is 2. The molecule has 0 aromatic heterocycles. The minimum absolute atomic E-state index is 0.0533. The molecule has 184 valence electrons. The van der Waals surface area contributed by atoms with Gasteiger partial charge in [-0.05, 0) is 56.5 Å². The Morgan fingerprint density at radius 2 is 1.68 bits per heavy atom. The standard InChI is InChI=1S/C26H35N3O4S/c1-20-6-9-22(10-7-20)28-34(31,32)23-11-8-21(2)24(18-23)25(30)27-19-26(12-4-3-5-13-26)29-14-16-33-17-15-29/h6-11,18,28H,3-5,12-17,19H2,1-2H3,(H,27,30). The van der Waals surface area contributed by atoms with Gasteiger partial charge in [-0.3, -0.25) is 14.4 Å². The lowest BCUT2D eigenvalue weighted by Crippen LogP contribution is -2.59. The maximum atomic E-state index is 13.2. The van der Waals surface area contributed by atoms with Gasteiger partial charge >= 0.3 is 0 Å². The number of carbonyl (C=O) groups is 1. The number of sulfonamides is 1. The van der Waals surface area contributed by atoms with Crippen molar-refractivity contribution < 1.29 is 17.9 Å². The number of carbonyl (C=O) groups excluding carboxylic acids is 1. The van der Waals surface area contributed by atoms with E-state index in [0.717, 1.165) is 63.1 Å². The van der Waals surface area contributed by atoms with Crippen molar-refractivity contribution in [3.63, 3.8) is 0 Å². The van der Waals surface area contributed by atoms with Crippen molar-refractivity contribution in [3.8, 4) is 0 Å². The number of nitrogens with zero attached hydrogens (tertiary/aromatic N) is 1. The Labute approximate surface area is 202 Å². The van der Waals surface area contributed by atoms with Gasteiger partial charge in [0.2, 0.25) is 0 Å². The fraction of sp³-hybridized carbons (Fsp3) is 0.500. The van der Waals surface area contributed by atoms with Crippen LogP contribution in [0, 0.1) is 13.8 Å². The maximum Gasteiger partial charge on any atom is 0.261 e. The van der Waals surface area contributed by atoms with E-state index in [1.54, 1.807) is 24.3 Å². The van der Waals surface area contributed by atoms with Crippen LogP contribution in [0.15, 0.2) is 47.4 Å². The molecule has 1 amide bonds. The van der Waals surface area contributed by atoms with Gasteiger partial charge < -0.3 is 10.1 Å². The first kappa shape index (κ1) is 24.7. The molecule has 0 radical (unpaired) electrons. The molecular formula is C26H35N3O4S. The number of amides is 1. The minimum Gasteiger partial charge on any atom is -0.379 e. The molecule has 0 atom stereocenters. The molecule has 1 saturated heterocycles. The first-order valence-electron chi connectivity index (χ1n) is 12.1. The predicted octanol–water partition coefficient (Wildman–Crippen LogP) is 3.87. The summed E-state index contributed by atoms with van der Waals surface area (Å²) in [7, 11) is -3.82. The topological polar surface area (TPSA) is 87.7 Å². The monoisotopic (exact) mass is 485 g/mol. The van der Waals surface area contributed by atoms with E-state index in [-0.39, 0.29) is 16.3 Å². The summed E-state index contributed by atoms with van der Waals surface area (Å²) >= 11 is 0. The van der Waals surface area contributed by atoms with Crippen LogP contribution < -0.4 is 10.0 Å². The van der Waals surface area contributed by atoms with Gasteiger partial charge in [0.15, 0.2) is 0 Å². The number of nitrogens with one attached hydrogen (secondary N) is 2. The van der Waals surface area contributed by atoms with E-state index in [1.807, 2.05) is 26.0 Å². The molecule has 7 nitrogen and oxygen atoms in total. The Hall–Kier alpha value is -2.42. The second kappa shape index (κ2) is 10.5. The van der Waals surface area contributed by atoms with Crippen LogP contribution in [-0.2, 0) is 14.8 Å². The van der Waals surface area contributed by atoms with E-state index in [1.165, 1.54) is 12.5 Å². The van der Waals surface area contributed by atoms with E-state index in [4.69, 9.17) is 4.74 Å². The summed E-state index contributed by atoms with van der Waals surface area (Å²) in [5.74, 6) is -0.233. The Morgan fingerprint density at radius 3 is 2.35 bits per heavy atom. The first-order chi connectivity index (χ1) is 16.3. The van der Waals surface area contributed by atoms with Crippen LogP contribution in [0.1, 0.15) is 53.6 Å². The van der Waals surface area contributed by atoms with Gasteiger partial charge in [0, 0.05) is 36.4 Å². The number of rotatable bonds is 7. The molecule has 1 heterocycles. The molecule has 0 unspecified atom stereocenters. The molecule has 34 heavy (non-hydrogen) atoms. The van der Waals surface area contributed by atoms with Crippen LogP contribution in [0.3, 0.4) is 0 Å². The van der Waals surface area contributed by atoms with Crippen molar-refractivity contribution in [1.82, 2.24) is 10.2 Å². The highest BCUT2D eigenvalue weighted by Crippen LogP contribution is 2.34. The lowest BCUT2D eigenvalue weighted by atomic mass is 9.79. The summed E-state index contributed by atoms with van der Waals surface area (Å²) in [6, 6.07) is 11.9. The van der Waals surface area contributed by atoms with Crippen molar-refractivity contribution >= 4 is 21.6 Å². The second-order valence-electron chi connectivity index (χ2n) is 9.52. The zero-order chi connectivity index (χ0) is 24.2. The molecule has 0 spiro atoms. The number of hydrogen-bond donors (Lipinski definition) is 2. The molecule has 2 N–H and O–H groups in total. The lowest BCUT2D eigenvalue weighted by Gasteiger charge is -2.48. The average molecular weight is 486 g/mol. The van der Waals surface area contributed by atoms with Crippen LogP contribution in [-0.4, -0.2) is 57.6 Å². The molecule has 2 aromatic rings. The van der Waals surface area contributed by atoms with Gasteiger partial charge in [-0.1, -0.05) is 43.0 Å². The number of morpholine rings is 1. The van der Waals surface area contributed by atoms with Crippen LogP contribution in [0.5, 0.6) is 0 Å². The van der Waals surface area contributed by atoms with Gasteiger partial charge in [-0.2, -0.15) is 0 Å². The third kappa shape index (κ3) is 5.62. The van der Waals surface area contributed by atoms with Gasteiger partial charge in [0.1, 0.15) is 0 Å². The van der Waals surface area contributed by atoms with Crippen molar-refractivity contribution in [2.24, 2.45) is 0 Å². The molecule has 8 heteroatoms. The summed E-state index contributed by atoms with van der Waals surface area (Å²) in [5, 5.41) is 3.15. The first-order valence-corrected chi connectivity index (χ1v) is 13.6. The average Bonchev–Trinajstić information content (AvgIpc) is 2.85. The predicted molar refractivity (Wildman–Crippen MR) is 134 cm³/mol. The fourth-order valence-corrected chi connectivity index (χ4v) is 6.13. The maximum absolute atomic E-state index is 13.2. The lowest BCUT2D eigenvalue weighted by molar-refractivity contribution is -0.0361. The van der Waals surface area contributed by atoms with Crippen molar-refractivity contribution in [1.29, 1.82) is 0 Å². The Bertz CT molecular complexity index is 1100. The Balaban J connectivity index is 1.50. The zero-order valence-electron chi connectivity index (χ0n) is 20.1. The Morgan fingerprint density at radius 1 is 1.00 bits per heavy atom. The summed E-state index contributed by atoms with van der Waals surface area (Å²) in [6.45, 7) is 7.55. The smallest absolute Gasteiger partial charge is 0.261 e. The Kier molecular flexibility index (Phi) is 7.60. The van der Waals surface area contributed by atoms with Crippen LogP contribution in [0.2, 0.25) is 0 Å². The van der Waals surface area contributed by atoms with E-state index >= 15 is 0 Å². The largest absolute Gasteiger partial charge is 0.379 e. The highest BCUT2D eigenvalue weighted by molar-refractivity contribution is 7.92. The van der Waals surface area contributed by atoms with Crippen molar-refractivity contribution in [2.45, 2.75) is 56.4 Å². The minimum atomic E-state index is -3.82. The number of hydrogen-bond acceptors (Lipinski definition) is 5. The van der Waals surface area contributed by atoms with E-state index < -0.39 is 10.0 Å². The van der Waals surface area contributed by atoms with E-state index in [9.17, 15) is 13.2 Å². The molecule has 4 rings (SSSR count). The fourth-order valence-electron chi connectivity index (χ4n) is 5.04. The van der Waals surface area contributed by atoms with Crippen molar-refractivity contribution in [3.05, 3.63) is 59.2 Å². The zero-order valence-corrected chi connectivity index (χ0v) is 20.9. The second-order valence-corrected chi connectivity index (χ2v) is 11.2. The molecule has 2 fully saturated rings. The molecule has 0 bridgehead atoms. The highest BCUT2D eigenvalue weighted by atomic mass is 32.2. The van der Waals surface area contributed by atoms with Crippen LogP contribution in [0.4, 0.5) is 5.69 Å². The molecule has 1 aliphatic heterocycles. The quantitative estimate of drug-likeness (QED) is 0.622. The van der Waals surface area contributed by atoms with Crippen molar-refractivity contribution in [2.75, 3.05) is 37.6 Å². The molecule has 2 aliphatic rings. The summed E-state index contributed by atoms with van der Waals surface area (Å²) < 4.78 is 34.1. The van der Waals surface area contributed by atoms with E-state index in [0.29, 0.717) is 17.8 Å². The van der Waals surface area contributed by atoms with Gasteiger partial charge in [0.05, 0.1) is 18.1 Å². The van der Waals surface area contributed by atoms with Crippen LogP contribution >= 0.6 is 0 Å². The molecule has 1 saturated carbocycles. The number of ether oxygens (including phenoxy) is 1. The normalized spacial score (nSPS) is 18.9. The van der Waals surface area contributed by atoms with E-state index in [2.05, 4.69) is 14.9 Å². The summed E-state index contributed by atoms with van der Waals surface area (Å²) in [5.41, 5.74) is 2.62. The number of aryl methyl sites for hydroxylation is 2. The van der Waals surface area contributed by atoms with Gasteiger partial charge in [-0.25, -0.2) is 8.42 Å². The van der Waals surface area contributed by atoms with Gasteiger partial charge in [0.25, 0.3) is 15.9 Å². The number of anilines is 1. The summed E-state index contributed by atoms with van der Waals surface area (Å²) in [6.07, 6.45) is 5.66. The third-order valence-corrected chi connectivity index (χ3v) is 8.49. The SMILES string of the molecule is Cc1ccc(NS(=O)(=O)c2ccc(C)c(C(=O)NCC3(N4CCOCC4)CCCCC3)c2)cc1. The molecular weight excluding hydrogens is 450 g/mol. The molecule has 1 aliphatic carbocycles. The van der Waals surface area contributed by atoms with Crippen LogP contribution in [0.25, 0.3) is 0 Å². The summed E-state index contributed by atoms with van der Waals surface area (Å²) in [4.78, 5) is 15.8. The molecule has 2 aromatic carbocycles. The highest BCUT2D eigenvalue weighted by Gasteiger charge is 2.39.